The van der Waals surface area contributed by atoms with E-state index in [1.807, 2.05) is 13.8 Å². The summed E-state index contributed by atoms with van der Waals surface area (Å²) in [6, 6.07) is 3.57. The molecule has 1 fully saturated rings. The van der Waals surface area contributed by atoms with Crippen molar-refractivity contribution in [1.29, 1.82) is 0 Å². The maximum absolute atomic E-state index is 6.08. The molecular formula is C14H20ClNO4. The van der Waals surface area contributed by atoms with Crippen LogP contribution in [-0.2, 0) is 9.47 Å². The number of anilines is 1. The van der Waals surface area contributed by atoms with Crippen molar-refractivity contribution in [3.05, 3.63) is 17.2 Å². The topological polar surface area (TPSA) is 49.0 Å². The van der Waals surface area contributed by atoms with E-state index in [0.717, 1.165) is 5.69 Å². The number of halogens is 1. The largest absolute Gasteiger partial charge is 0.495 e. The molecule has 1 heterocycles. The number of ether oxygens (including phenoxy) is 4. The van der Waals surface area contributed by atoms with Crippen LogP contribution in [0.5, 0.6) is 11.5 Å². The summed E-state index contributed by atoms with van der Waals surface area (Å²) in [4.78, 5) is 0. The SMILES string of the molecule is COc1cc(NC2COC(C)(C)OC2)c(OC)cc1Cl. The predicted molar refractivity (Wildman–Crippen MR) is 77.9 cm³/mol. The highest BCUT2D eigenvalue weighted by molar-refractivity contribution is 6.32. The molecule has 6 heteroatoms. The van der Waals surface area contributed by atoms with Gasteiger partial charge in [-0.3, -0.25) is 0 Å². The van der Waals surface area contributed by atoms with Crippen LogP contribution < -0.4 is 14.8 Å². The van der Waals surface area contributed by atoms with Gasteiger partial charge in [0, 0.05) is 12.1 Å². The van der Waals surface area contributed by atoms with E-state index < -0.39 is 5.79 Å². The zero-order valence-corrected chi connectivity index (χ0v) is 12.9. The summed E-state index contributed by atoms with van der Waals surface area (Å²) in [6.45, 7) is 4.91. The summed E-state index contributed by atoms with van der Waals surface area (Å²) in [5, 5.41) is 3.83. The summed E-state index contributed by atoms with van der Waals surface area (Å²) in [5.74, 6) is 0.716. The van der Waals surface area contributed by atoms with Gasteiger partial charge in [0.15, 0.2) is 5.79 Å². The number of methoxy groups -OCH3 is 2. The monoisotopic (exact) mass is 301 g/mol. The molecule has 20 heavy (non-hydrogen) atoms. The normalized spacial score (nSPS) is 18.6. The summed E-state index contributed by atoms with van der Waals surface area (Å²) in [6.07, 6.45) is 0. The second kappa shape index (κ2) is 6.08. The molecule has 0 unspecified atom stereocenters. The Hall–Kier alpha value is -1.17. The number of nitrogens with one attached hydrogen (secondary N) is 1. The Morgan fingerprint density at radius 2 is 1.75 bits per heavy atom. The van der Waals surface area contributed by atoms with Crippen molar-refractivity contribution >= 4 is 17.3 Å². The average Bonchev–Trinajstić information content (AvgIpc) is 2.42. The molecule has 0 atom stereocenters. The Balaban J connectivity index is 2.12. The molecule has 0 aromatic heterocycles. The summed E-state index contributed by atoms with van der Waals surface area (Å²) >= 11 is 6.08. The van der Waals surface area contributed by atoms with Crippen LogP contribution in [0.4, 0.5) is 5.69 Å². The zero-order valence-electron chi connectivity index (χ0n) is 12.2. The minimum atomic E-state index is -0.528. The van der Waals surface area contributed by atoms with Crippen LogP contribution in [-0.4, -0.2) is 39.3 Å². The van der Waals surface area contributed by atoms with Crippen LogP contribution in [0.3, 0.4) is 0 Å². The molecule has 2 rings (SSSR count). The van der Waals surface area contributed by atoms with E-state index in [9.17, 15) is 0 Å². The highest BCUT2D eigenvalue weighted by Gasteiger charge is 2.28. The van der Waals surface area contributed by atoms with Crippen molar-refractivity contribution in [2.24, 2.45) is 0 Å². The van der Waals surface area contributed by atoms with E-state index in [2.05, 4.69) is 5.32 Å². The molecule has 1 aromatic carbocycles. The van der Waals surface area contributed by atoms with Crippen molar-refractivity contribution in [1.82, 2.24) is 0 Å². The van der Waals surface area contributed by atoms with Gasteiger partial charge in [0.25, 0.3) is 0 Å². The van der Waals surface area contributed by atoms with Crippen LogP contribution >= 0.6 is 11.6 Å². The summed E-state index contributed by atoms with van der Waals surface area (Å²) < 4.78 is 21.8. The molecule has 0 aliphatic carbocycles. The fourth-order valence-corrected chi connectivity index (χ4v) is 2.20. The third-order valence-electron chi connectivity index (χ3n) is 3.10. The van der Waals surface area contributed by atoms with Crippen molar-refractivity contribution in [3.8, 4) is 11.5 Å². The molecule has 0 saturated carbocycles. The van der Waals surface area contributed by atoms with E-state index in [1.165, 1.54) is 0 Å². The standard InChI is InChI=1S/C14H20ClNO4/c1-14(2)19-7-9(8-20-14)16-11-6-12(17-3)10(15)5-13(11)18-4/h5-6,9,16H,7-8H2,1-4H3. The zero-order chi connectivity index (χ0) is 14.8. The van der Waals surface area contributed by atoms with E-state index in [4.69, 9.17) is 30.5 Å². The van der Waals surface area contributed by atoms with Gasteiger partial charge in [-0.05, 0) is 13.8 Å². The maximum Gasteiger partial charge on any atom is 0.162 e. The Morgan fingerprint density at radius 1 is 1.15 bits per heavy atom. The molecule has 112 valence electrons. The van der Waals surface area contributed by atoms with Gasteiger partial charge in [0.2, 0.25) is 0 Å². The molecular weight excluding hydrogens is 282 g/mol. The number of rotatable bonds is 4. The lowest BCUT2D eigenvalue weighted by Gasteiger charge is -2.35. The Kier molecular flexibility index (Phi) is 4.62. The fourth-order valence-electron chi connectivity index (χ4n) is 1.97. The van der Waals surface area contributed by atoms with E-state index in [1.54, 1.807) is 26.4 Å². The molecule has 1 saturated heterocycles. The molecule has 1 aromatic rings. The first-order chi connectivity index (χ1) is 9.45. The number of benzene rings is 1. The van der Waals surface area contributed by atoms with Crippen molar-refractivity contribution in [3.63, 3.8) is 0 Å². The molecule has 0 spiro atoms. The molecule has 1 aliphatic rings. The first-order valence-corrected chi connectivity index (χ1v) is 6.79. The van der Waals surface area contributed by atoms with Gasteiger partial charge in [-0.15, -0.1) is 0 Å². The highest BCUT2D eigenvalue weighted by atomic mass is 35.5. The third kappa shape index (κ3) is 3.48. The van der Waals surface area contributed by atoms with E-state index in [-0.39, 0.29) is 6.04 Å². The minimum absolute atomic E-state index is 0.0443. The average molecular weight is 302 g/mol. The quantitative estimate of drug-likeness (QED) is 0.926. The highest BCUT2D eigenvalue weighted by Crippen LogP contribution is 2.36. The van der Waals surface area contributed by atoms with Gasteiger partial charge in [0.05, 0.1) is 44.2 Å². The number of hydrogen-bond donors (Lipinski definition) is 1. The predicted octanol–water partition coefficient (Wildman–Crippen LogP) is 2.92. The van der Waals surface area contributed by atoms with Crippen LogP contribution in [0.2, 0.25) is 5.02 Å². The maximum atomic E-state index is 6.08. The van der Waals surface area contributed by atoms with Gasteiger partial charge in [0.1, 0.15) is 11.5 Å². The van der Waals surface area contributed by atoms with Gasteiger partial charge in [-0.25, -0.2) is 0 Å². The van der Waals surface area contributed by atoms with Crippen LogP contribution in [0.25, 0.3) is 0 Å². The second-order valence-electron chi connectivity index (χ2n) is 5.05. The third-order valence-corrected chi connectivity index (χ3v) is 3.39. The van der Waals surface area contributed by atoms with Gasteiger partial charge in [-0.2, -0.15) is 0 Å². The van der Waals surface area contributed by atoms with Crippen LogP contribution in [0.15, 0.2) is 12.1 Å². The molecule has 0 bridgehead atoms. The Labute approximate surface area is 124 Å². The van der Waals surface area contributed by atoms with Crippen molar-refractivity contribution < 1.29 is 18.9 Å². The van der Waals surface area contributed by atoms with Gasteiger partial charge in [-0.1, -0.05) is 11.6 Å². The lowest BCUT2D eigenvalue weighted by molar-refractivity contribution is -0.247. The second-order valence-corrected chi connectivity index (χ2v) is 5.46. The lowest BCUT2D eigenvalue weighted by atomic mass is 10.2. The molecule has 1 aliphatic heterocycles. The first kappa shape index (κ1) is 15.2. The van der Waals surface area contributed by atoms with Gasteiger partial charge >= 0.3 is 0 Å². The molecule has 5 nitrogen and oxygen atoms in total. The lowest BCUT2D eigenvalue weighted by Crippen LogP contribution is -2.45. The summed E-state index contributed by atoms with van der Waals surface area (Å²) in [5.41, 5.74) is 0.797. The fraction of sp³-hybridized carbons (Fsp3) is 0.571. The van der Waals surface area contributed by atoms with Crippen molar-refractivity contribution in [2.45, 2.75) is 25.7 Å². The van der Waals surface area contributed by atoms with Crippen LogP contribution in [0, 0.1) is 0 Å². The first-order valence-electron chi connectivity index (χ1n) is 6.41. The number of hydrogen-bond acceptors (Lipinski definition) is 5. The van der Waals surface area contributed by atoms with E-state index >= 15 is 0 Å². The van der Waals surface area contributed by atoms with E-state index in [0.29, 0.717) is 29.7 Å². The van der Waals surface area contributed by atoms with Crippen LogP contribution in [0.1, 0.15) is 13.8 Å². The minimum Gasteiger partial charge on any atom is -0.495 e. The Morgan fingerprint density at radius 3 is 2.30 bits per heavy atom. The summed E-state index contributed by atoms with van der Waals surface area (Å²) in [7, 11) is 3.17. The van der Waals surface area contributed by atoms with Crippen molar-refractivity contribution in [2.75, 3.05) is 32.8 Å². The van der Waals surface area contributed by atoms with Gasteiger partial charge < -0.3 is 24.3 Å². The smallest absolute Gasteiger partial charge is 0.162 e. The molecule has 0 amide bonds. The molecule has 0 radical (unpaired) electrons. The molecule has 1 N–H and O–H groups in total. The Bertz CT molecular complexity index is 468.